The second kappa shape index (κ2) is 5.47. The van der Waals surface area contributed by atoms with Gasteiger partial charge < -0.3 is 0 Å². The van der Waals surface area contributed by atoms with Crippen molar-refractivity contribution in [3.05, 3.63) is 35.4 Å². The van der Waals surface area contributed by atoms with E-state index in [4.69, 9.17) is 0 Å². The van der Waals surface area contributed by atoms with Gasteiger partial charge in [0, 0.05) is 0 Å². The van der Waals surface area contributed by atoms with Crippen LogP contribution in [0.4, 0.5) is 0 Å². The van der Waals surface area contributed by atoms with Crippen molar-refractivity contribution in [3.8, 4) is 0 Å². The number of carbonyl (C=O) groups excluding carboxylic acids is 2. The molecule has 0 aliphatic carbocycles. The quantitative estimate of drug-likeness (QED) is 0.788. The van der Waals surface area contributed by atoms with Gasteiger partial charge >= 0.3 is 95.9 Å². The molecule has 2 nitrogen and oxygen atoms in total. The first-order valence-corrected chi connectivity index (χ1v) is 9.09. The first-order valence-electron chi connectivity index (χ1n) is 3.95. The molecule has 0 aliphatic heterocycles. The average molecular weight is 320 g/mol. The molecule has 0 heterocycles. The molecule has 0 fully saturated rings. The molecular weight excluding hydrogens is 310 g/mol. The van der Waals surface area contributed by atoms with E-state index in [1.807, 2.05) is 11.6 Å². The Morgan fingerprint density at radius 1 is 0.857 bits per heavy atom. The van der Waals surface area contributed by atoms with Crippen LogP contribution in [0.2, 0.25) is 11.6 Å². The van der Waals surface area contributed by atoms with Crippen molar-refractivity contribution < 1.29 is 9.59 Å². The maximum atomic E-state index is 11.3. The van der Waals surface area contributed by atoms with E-state index in [0.717, 1.165) is 0 Å². The van der Waals surface area contributed by atoms with E-state index in [1.165, 1.54) is 0 Å². The summed E-state index contributed by atoms with van der Waals surface area (Å²) in [5.74, 6) is 3.78. The zero-order chi connectivity index (χ0) is 10.6. The molecule has 0 radical (unpaired) electrons. The summed E-state index contributed by atoms with van der Waals surface area (Å²) in [5, 5.41) is 0. The van der Waals surface area contributed by atoms with Gasteiger partial charge in [-0.15, -0.1) is 0 Å². The minimum atomic E-state index is 0.000218. The normalized spacial score (nSPS) is 9.86. The Hall–Kier alpha value is -0.401. The molecule has 0 atom stereocenters. The zero-order valence-corrected chi connectivity index (χ0v) is 11.4. The summed E-state index contributed by atoms with van der Waals surface area (Å²) in [7, 11) is 0. The summed E-state index contributed by atoms with van der Waals surface area (Å²) in [6, 6.07) is 6.97. The molecule has 1 aromatic rings. The van der Waals surface area contributed by atoms with Crippen LogP contribution in [0.3, 0.4) is 0 Å². The first kappa shape index (κ1) is 11.7. The monoisotopic (exact) mass is 322 g/mol. The molecule has 4 heteroatoms. The van der Waals surface area contributed by atoms with Crippen LogP contribution in [-0.2, 0) is 0 Å². The molecule has 1 rings (SSSR count). The molecule has 74 valence electrons. The summed E-state index contributed by atoms with van der Waals surface area (Å²) in [5.41, 5.74) is 1.43. The number of benzene rings is 1. The number of rotatable bonds is 4. The van der Waals surface area contributed by atoms with Gasteiger partial charge in [-0.2, -0.15) is 0 Å². The summed E-state index contributed by atoms with van der Waals surface area (Å²) < 4.78 is 0.358. The molecule has 0 unspecified atom stereocenters. The Bertz CT molecular complexity index is 309. The van der Waals surface area contributed by atoms with Gasteiger partial charge in [-0.1, -0.05) is 0 Å². The number of hydrogen-bond acceptors (Lipinski definition) is 2. The van der Waals surface area contributed by atoms with Crippen LogP contribution < -0.4 is 0 Å². The van der Waals surface area contributed by atoms with Crippen molar-refractivity contribution in [2.24, 2.45) is 0 Å². The van der Waals surface area contributed by atoms with Gasteiger partial charge in [0.1, 0.15) is 0 Å². The van der Waals surface area contributed by atoms with Gasteiger partial charge in [-0.05, 0) is 0 Å². The van der Waals surface area contributed by atoms with E-state index >= 15 is 0 Å². The number of hydrogen-bond donors (Lipinski definition) is 0. The van der Waals surface area contributed by atoms with E-state index in [9.17, 15) is 9.59 Å². The average Bonchev–Trinajstić information content (AvgIpc) is 2.27. The van der Waals surface area contributed by atoms with Gasteiger partial charge in [0.15, 0.2) is 0 Å². The van der Waals surface area contributed by atoms with Crippen molar-refractivity contribution in [3.63, 3.8) is 0 Å². The Balaban J connectivity index is 2.89. The third-order valence-electron chi connectivity index (χ3n) is 1.73. The van der Waals surface area contributed by atoms with Gasteiger partial charge in [0.2, 0.25) is 0 Å². The van der Waals surface area contributed by atoms with E-state index in [-0.39, 0.29) is 39.3 Å². The van der Waals surface area contributed by atoms with Crippen LogP contribution >= 0.6 is 0 Å². The molecule has 0 saturated carbocycles. The van der Waals surface area contributed by atoms with E-state index in [1.54, 1.807) is 24.3 Å². The van der Waals surface area contributed by atoms with Crippen LogP contribution in [0.1, 0.15) is 20.7 Å². The first-order chi connectivity index (χ1) is 6.69. The Morgan fingerprint density at radius 2 is 1.14 bits per heavy atom. The fraction of sp³-hybridized carbons (Fsp3) is 0.200. The summed E-state index contributed by atoms with van der Waals surface area (Å²) in [6.45, 7) is 0. The Morgan fingerprint density at radius 3 is 1.36 bits per heavy atom. The maximum absolute atomic E-state index is 11.3. The summed E-state index contributed by atoms with van der Waals surface area (Å²) in [4.78, 5) is 22.6. The molecule has 0 bridgehead atoms. The molecule has 0 amide bonds. The molecule has 1 aromatic carbocycles. The topological polar surface area (TPSA) is 34.1 Å². The van der Waals surface area contributed by atoms with Crippen LogP contribution in [0.5, 0.6) is 0 Å². The van der Waals surface area contributed by atoms with Crippen molar-refractivity contribution in [2.45, 2.75) is 11.6 Å². The van der Waals surface area contributed by atoms with Crippen molar-refractivity contribution in [1.82, 2.24) is 0 Å². The predicted octanol–water partition coefficient (Wildman–Crippen LogP) is 1.47. The molecule has 0 spiro atoms. The molecule has 0 aromatic heterocycles. The van der Waals surface area contributed by atoms with Crippen molar-refractivity contribution >= 4 is 39.3 Å². The third-order valence-corrected chi connectivity index (χ3v) is 4.27. The standard InChI is InChI=1S/C10H10O2Se2/c1-13-9(11)7-3-5-8(6-4-7)10(12)14-2/h3-6H,1-2H3. The predicted molar refractivity (Wildman–Crippen MR) is 58.3 cm³/mol. The SMILES string of the molecule is C[Se]C(=O)c1ccc(C(=O)[Se]C)cc1. The van der Waals surface area contributed by atoms with E-state index < -0.39 is 0 Å². The summed E-state index contributed by atoms with van der Waals surface area (Å²) in [6.07, 6.45) is 0. The molecule has 14 heavy (non-hydrogen) atoms. The van der Waals surface area contributed by atoms with Crippen molar-refractivity contribution in [2.75, 3.05) is 0 Å². The Labute approximate surface area is 95.8 Å². The van der Waals surface area contributed by atoms with Gasteiger partial charge in [-0.3, -0.25) is 0 Å². The molecule has 0 aliphatic rings. The van der Waals surface area contributed by atoms with Crippen LogP contribution in [0, 0.1) is 0 Å². The zero-order valence-electron chi connectivity index (χ0n) is 7.94. The molecule has 0 N–H and O–H groups in total. The molecule has 0 saturated heterocycles. The summed E-state index contributed by atoms with van der Waals surface area (Å²) >= 11 is 0.000435. The van der Waals surface area contributed by atoms with Gasteiger partial charge in [-0.25, -0.2) is 0 Å². The molecular formula is C10H10O2Se2. The van der Waals surface area contributed by atoms with Crippen LogP contribution in [-0.4, -0.2) is 39.3 Å². The van der Waals surface area contributed by atoms with Crippen molar-refractivity contribution in [1.29, 1.82) is 0 Å². The number of carbonyl (C=O) groups is 2. The second-order valence-electron chi connectivity index (χ2n) is 2.56. The van der Waals surface area contributed by atoms with Gasteiger partial charge in [0.05, 0.1) is 0 Å². The fourth-order valence-corrected chi connectivity index (χ4v) is 2.54. The van der Waals surface area contributed by atoms with Gasteiger partial charge in [0.25, 0.3) is 0 Å². The van der Waals surface area contributed by atoms with Crippen LogP contribution in [0.15, 0.2) is 24.3 Å². The minimum absolute atomic E-state index is 0.000218. The van der Waals surface area contributed by atoms with E-state index in [0.29, 0.717) is 11.1 Å². The van der Waals surface area contributed by atoms with Crippen LogP contribution in [0.25, 0.3) is 0 Å². The third kappa shape index (κ3) is 2.79. The van der Waals surface area contributed by atoms with E-state index in [2.05, 4.69) is 0 Å². The second-order valence-corrected chi connectivity index (χ2v) is 5.83. The fourth-order valence-electron chi connectivity index (χ4n) is 0.978. The Kier molecular flexibility index (Phi) is 4.56.